The van der Waals surface area contributed by atoms with E-state index in [-0.39, 0.29) is 0 Å². The zero-order valence-electron chi connectivity index (χ0n) is 10.7. The number of carbonyl (C=O) groups excluding carboxylic acids is 1. The van der Waals surface area contributed by atoms with Gasteiger partial charge in [-0.3, -0.25) is 4.90 Å². The molecule has 5 heteroatoms. The van der Waals surface area contributed by atoms with Crippen LogP contribution >= 0.6 is 0 Å². The van der Waals surface area contributed by atoms with Crippen LogP contribution in [-0.2, 0) is 14.3 Å². The summed E-state index contributed by atoms with van der Waals surface area (Å²) in [6.07, 6.45) is 2.97. The third-order valence-electron chi connectivity index (χ3n) is 2.62. The molecule has 1 aliphatic heterocycles. The molecule has 1 saturated heterocycles. The highest BCUT2D eigenvalue weighted by Gasteiger charge is 2.36. The molecule has 1 aliphatic rings. The van der Waals surface area contributed by atoms with Crippen LogP contribution in [0.15, 0.2) is 0 Å². The van der Waals surface area contributed by atoms with Crippen molar-refractivity contribution in [2.45, 2.75) is 51.7 Å². The summed E-state index contributed by atoms with van der Waals surface area (Å²) in [6, 6.07) is -1.16. The fourth-order valence-electron chi connectivity index (χ4n) is 1.94. The Hall–Kier alpha value is -1.10. The molecule has 0 aromatic heterocycles. The Labute approximate surface area is 102 Å². The summed E-state index contributed by atoms with van der Waals surface area (Å²) < 4.78 is 5.15. The first kappa shape index (κ1) is 14.0. The number of hydrogen-bond acceptors (Lipinski definition) is 4. The van der Waals surface area contributed by atoms with Gasteiger partial charge in [-0.05, 0) is 46.7 Å². The predicted molar refractivity (Wildman–Crippen MR) is 62.7 cm³/mol. The second kappa shape index (κ2) is 5.49. The van der Waals surface area contributed by atoms with Crippen LogP contribution in [0.4, 0.5) is 0 Å². The van der Waals surface area contributed by atoms with E-state index < -0.39 is 23.6 Å². The van der Waals surface area contributed by atoms with E-state index in [1.165, 1.54) is 0 Å². The molecule has 1 heterocycles. The Kier molecular flexibility index (Phi) is 4.51. The number of rotatable bonds is 3. The Morgan fingerprint density at radius 3 is 2.12 bits per heavy atom. The first-order chi connectivity index (χ1) is 7.81. The minimum absolute atomic E-state index is 0.649. The van der Waals surface area contributed by atoms with Crippen molar-refractivity contribution in [1.82, 2.24) is 4.90 Å². The van der Waals surface area contributed by atoms with E-state index >= 15 is 0 Å². The van der Waals surface area contributed by atoms with Crippen molar-refractivity contribution in [2.24, 2.45) is 0 Å². The van der Waals surface area contributed by atoms with Crippen molar-refractivity contribution >= 4 is 11.9 Å². The van der Waals surface area contributed by atoms with E-state index in [0.717, 1.165) is 19.3 Å². The molecule has 0 amide bonds. The average molecular weight is 243 g/mol. The van der Waals surface area contributed by atoms with Gasteiger partial charge in [0, 0.05) is 0 Å². The van der Waals surface area contributed by atoms with Crippen LogP contribution in [0.5, 0.6) is 0 Å². The fraction of sp³-hybridized carbons (Fsp3) is 0.833. The lowest BCUT2D eigenvalue weighted by Gasteiger charge is -2.32. The molecule has 1 unspecified atom stereocenters. The lowest BCUT2D eigenvalue weighted by Crippen LogP contribution is -2.51. The molecule has 0 bridgehead atoms. The van der Waals surface area contributed by atoms with Crippen LogP contribution in [0, 0.1) is 0 Å². The molecular formula is C12H21NO4. The predicted octanol–water partition coefficient (Wildman–Crippen LogP) is 1.27. The molecule has 0 aromatic rings. The third kappa shape index (κ3) is 4.34. The minimum Gasteiger partial charge on any atom is -0.480 e. The second-order valence-electron chi connectivity index (χ2n) is 5.37. The molecule has 1 atom stereocenters. The lowest BCUT2D eigenvalue weighted by atomic mass is 10.1. The van der Waals surface area contributed by atoms with Crippen molar-refractivity contribution < 1.29 is 19.4 Å². The molecule has 0 aromatic carbocycles. The molecule has 17 heavy (non-hydrogen) atoms. The van der Waals surface area contributed by atoms with Gasteiger partial charge in [-0.15, -0.1) is 0 Å². The third-order valence-corrected chi connectivity index (χ3v) is 2.62. The SMILES string of the molecule is CC(C)(C)OC(=O)C(C(=O)O)N1CCCCC1. The van der Waals surface area contributed by atoms with Gasteiger partial charge in [0.2, 0.25) is 6.04 Å². The first-order valence-electron chi connectivity index (χ1n) is 6.01. The maximum absolute atomic E-state index is 11.9. The smallest absolute Gasteiger partial charge is 0.335 e. The van der Waals surface area contributed by atoms with Crippen molar-refractivity contribution in [3.05, 3.63) is 0 Å². The van der Waals surface area contributed by atoms with E-state index in [4.69, 9.17) is 9.84 Å². The van der Waals surface area contributed by atoms with Gasteiger partial charge in [-0.2, -0.15) is 0 Å². The lowest BCUT2D eigenvalue weighted by molar-refractivity contribution is -0.169. The number of carboxylic acids is 1. The number of hydrogen-bond donors (Lipinski definition) is 1. The van der Waals surface area contributed by atoms with Gasteiger partial charge in [0.15, 0.2) is 0 Å². The maximum atomic E-state index is 11.9. The highest BCUT2D eigenvalue weighted by molar-refractivity contribution is 5.98. The number of carboxylic acid groups (broad SMARTS) is 1. The summed E-state index contributed by atoms with van der Waals surface area (Å²) >= 11 is 0. The molecule has 0 spiro atoms. The highest BCUT2D eigenvalue weighted by Crippen LogP contribution is 2.16. The van der Waals surface area contributed by atoms with E-state index in [1.807, 2.05) is 0 Å². The molecule has 5 nitrogen and oxygen atoms in total. The number of likely N-dealkylation sites (tertiary alicyclic amines) is 1. The molecule has 98 valence electrons. The number of aliphatic carboxylic acids is 1. The van der Waals surface area contributed by atoms with E-state index in [1.54, 1.807) is 25.7 Å². The highest BCUT2D eigenvalue weighted by atomic mass is 16.6. The summed E-state index contributed by atoms with van der Waals surface area (Å²) in [5.41, 5.74) is -0.652. The number of ether oxygens (including phenoxy) is 1. The van der Waals surface area contributed by atoms with Gasteiger partial charge in [-0.1, -0.05) is 6.42 Å². The van der Waals surface area contributed by atoms with Crippen LogP contribution < -0.4 is 0 Å². The molecule has 0 aliphatic carbocycles. The quantitative estimate of drug-likeness (QED) is 0.597. The summed E-state index contributed by atoms with van der Waals surface area (Å²) in [4.78, 5) is 24.7. The van der Waals surface area contributed by atoms with Gasteiger partial charge in [0.25, 0.3) is 0 Å². The molecule has 0 saturated carbocycles. The van der Waals surface area contributed by atoms with Crippen LogP contribution in [0.2, 0.25) is 0 Å². The first-order valence-corrected chi connectivity index (χ1v) is 6.01. The van der Waals surface area contributed by atoms with Crippen molar-refractivity contribution in [2.75, 3.05) is 13.1 Å². The summed E-state index contributed by atoms with van der Waals surface area (Å²) in [5, 5.41) is 9.15. The van der Waals surface area contributed by atoms with Gasteiger partial charge in [0.05, 0.1) is 0 Å². The normalized spacial score (nSPS) is 19.7. The molecule has 0 radical (unpaired) electrons. The largest absolute Gasteiger partial charge is 0.480 e. The standard InChI is InChI=1S/C12H21NO4/c1-12(2,3)17-11(16)9(10(14)15)13-7-5-4-6-8-13/h9H,4-8H2,1-3H3,(H,14,15). The Bertz CT molecular complexity index is 289. The topological polar surface area (TPSA) is 66.8 Å². The average Bonchev–Trinajstić information content (AvgIpc) is 2.15. The molecule has 1 fully saturated rings. The van der Waals surface area contributed by atoms with Crippen LogP contribution in [0.1, 0.15) is 40.0 Å². The fourth-order valence-corrected chi connectivity index (χ4v) is 1.94. The van der Waals surface area contributed by atoms with Crippen molar-refractivity contribution in [1.29, 1.82) is 0 Å². The zero-order valence-corrected chi connectivity index (χ0v) is 10.7. The zero-order chi connectivity index (χ0) is 13.1. The van der Waals surface area contributed by atoms with Crippen LogP contribution in [-0.4, -0.2) is 46.7 Å². The van der Waals surface area contributed by atoms with E-state index in [2.05, 4.69) is 0 Å². The monoisotopic (exact) mass is 243 g/mol. The Balaban J connectivity index is 2.71. The number of esters is 1. The van der Waals surface area contributed by atoms with E-state index in [9.17, 15) is 9.59 Å². The summed E-state index contributed by atoms with van der Waals surface area (Å²) in [7, 11) is 0. The van der Waals surface area contributed by atoms with Crippen molar-refractivity contribution in [3.8, 4) is 0 Å². The molecular weight excluding hydrogens is 222 g/mol. The summed E-state index contributed by atoms with van der Waals surface area (Å²) in [6.45, 7) is 6.51. The number of piperidine rings is 1. The second-order valence-corrected chi connectivity index (χ2v) is 5.37. The minimum atomic E-state index is -1.16. The van der Waals surface area contributed by atoms with Gasteiger partial charge >= 0.3 is 11.9 Å². The summed E-state index contributed by atoms with van der Waals surface area (Å²) in [5.74, 6) is -1.78. The van der Waals surface area contributed by atoms with Gasteiger partial charge in [0.1, 0.15) is 5.60 Å². The van der Waals surface area contributed by atoms with Crippen LogP contribution in [0.3, 0.4) is 0 Å². The Morgan fingerprint density at radius 1 is 1.18 bits per heavy atom. The maximum Gasteiger partial charge on any atom is 0.335 e. The van der Waals surface area contributed by atoms with Crippen LogP contribution in [0.25, 0.3) is 0 Å². The number of nitrogens with zero attached hydrogens (tertiary/aromatic N) is 1. The van der Waals surface area contributed by atoms with Gasteiger partial charge < -0.3 is 9.84 Å². The number of carbonyl (C=O) groups is 2. The Morgan fingerprint density at radius 2 is 1.71 bits per heavy atom. The molecule has 1 N–H and O–H groups in total. The van der Waals surface area contributed by atoms with Crippen molar-refractivity contribution in [3.63, 3.8) is 0 Å². The van der Waals surface area contributed by atoms with E-state index in [0.29, 0.717) is 13.1 Å². The molecule has 1 rings (SSSR count). The van der Waals surface area contributed by atoms with Gasteiger partial charge in [-0.25, -0.2) is 9.59 Å².